The van der Waals surface area contributed by atoms with Crippen LogP contribution in [0.3, 0.4) is 0 Å². The van der Waals surface area contributed by atoms with Gasteiger partial charge in [-0.15, -0.1) is 0 Å². The number of amides is 3. The average Bonchev–Trinajstić information content (AvgIpc) is 3.55. The predicted octanol–water partition coefficient (Wildman–Crippen LogP) is 3.61. The highest BCUT2D eigenvalue weighted by molar-refractivity contribution is 6.09. The molecule has 5 rings (SSSR count). The summed E-state index contributed by atoms with van der Waals surface area (Å²) in [6.45, 7) is -0.795. The highest BCUT2D eigenvalue weighted by Gasteiger charge is 2.61. The van der Waals surface area contributed by atoms with E-state index in [4.69, 9.17) is 4.74 Å². The molecule has 7 nitrogen and oxygen atoms in total. The van der Waals surface area contributed by atoms with Crippen LogP contribution in [0.4, 0.5) is 18.9 Å². The molecule has 0 spiro atoms. The van der Waals surface area contributed by atoms with E-state index in [0.717, 1.165) is 29.5 Å². The summed E-state index contributed by atoms with van der Waals surface area (Å²) in [6.07, 6.45) is 0.0605. The van der Waals surface area contributed by atoms with Gasteiger partial charge in [-0.25, -0.2) is 4.79 Å². The normalized spacial score (nSPS) is 24.8. The van der Waals surface area contributed by atoms with E-state index in [9.17, 15) is 32.3 Å². The molecule has 1 N–H and O–H groups in total. The number of hydrogen-bond donors (Lipinski definition) is 1. The minimum Gasteiger partial charge on any atom is -0.454 e. The van der Waals surface area contributed by atoms with E-state index in [2.05, 4.69) is 5.32 Å². The molecule has 192 valence electrons. The van der Waals surface area contributed by atoms with Crippen molar-refractivity contribution in [2.45, 2.75) is 25.1 Å². The molecule has 2 aromatic carbocycles. The summed E-state index contributed by atoms with van der Waals surface area (Å²) in [5.74, 6) is -3.72. The predicted molar refractivity (Wildman–Crippen MR) is 125 cm³/mol. The van der Waals surface area contributed by atoms with Gasteiger partial charge in [-0.05, 0) is 42.0 Å². The average molecular weight is 512 g/mol. The molecular weight excluding hydrogens is 489 g/mol. The number of allylic oxidation sites excluding steroid dienone is 2. The first-order valence-corrected chi connectivity index (χ1v) is 11.9. The van der Waals surface area contributed by atoms with Crippen LogP contribution in [0, 0.1) is 23.7 Å². The zero-order chi connectivity index (χ0) is 26.3. The Hall–Kier alpha value is -3.95. The van der Waals surface area contributed by atoms with Gasteiger partial charge in [0.15, 0.2) is 6.61 Å². The SMILES string of the molecule is O=C(COC(=O)[C@@H](Cc1ccccc1)N1C(=O)[C@@H]2[C@H](C1=O)[C@H]1C=C[C@H]2C1)Nc1cccc(C(F)(F)F)c1. The number of esters is 1. The number of nitrogens with zero attached hydrogens (tertiary/aromatic N) is 1. The van der Waals surface area contributed by atoms with Gasteiger partial charge in [0.1, 0.15) is 6.04 Å². The number of carbonyl (C=O) groups is 4. The van der Waals surface area contributed by atoms with Crippen molar-refractivity contribution in [3.63, 3.8) is 0 Å². The standard InChI is InChI=1S/C27H23F3N2O5/c28-27(29,30)18-7-4-8-19(13-18)31-21(33)14-37-26(36)20(11-15-5-2-1-3-6-15)32-24(34)22-16-9-10-17(12-16)23(22)25(32)35/h1-10,13,16-17,20,22-23H,11-12,14H2,(H,31,33)/t16-,17-,20+,22-,23+/m0/s1. The van der Waals surface area contributed by atoms with Crippen molar-refractivity contribution in [1.82, 2.24) is 4.90 Å². The third-order valence-electron chi connectivity index (χ3n) is 7.18. The van der Waals surface area contributed by atoms with Crippen LogP contribution in [-0.4, -0.2) is 41.2 Å². The summed E-state index contributed by atoms with van der Waals surface area (Å²) in [7, 11) is 0. The van der Waals surface area contributed by atoms with E-state index in [-0.39, 0.29) is 23.9 Å². The van der Waals surface area contributed by atoms with Gasteiger partial charge in [0.2, 0.25) is 11.8 Å². The molecule has 2 fully saturated rings. The monoisotopic (exact) mass is 512 g/mol. The lowest BCUT2D eigenvalue weighted by Gasteiger charge is -2.26. The summed E-state index contributed by atoms with van der Waals surface area (Å²) < 4.78 is 44.0. The molecule has 1 saturated heterocycles. The van der Waals surface area contributed by atoms with Crippen molar-refractivity contribution in [2.24, 2.45) is 23.7 Å². The van der Waals surface area contributed by atoms with Crippen LogP contribution in [-0.2, 0) is 36.5 Å². The minimum atomic E-state index is -4.58. The van der Waals surface area contributed by atoms with Crippen molar-refractivity contribution in [1.29, 1.82) is 0 Å². The molecule has 37 heavy (non-hydrogen) atoms. The molecule has 1 aliphatic heterocycles. The number of nitrogens with one attached hydrogen (secondary N) is 1. The molecule has 2 aromatic rings. The third-order valence-corrected chi connectivity index (χ3v) is 7.18. The highest BCUT2D eigenvalue weighted by atomic mass is 19.4. The number of fused-ring (bicyclic) bond motifs is 5. The van der Waals surface area contributed by atoms with E-state index in [1.165, 1.54) is 6.07 Å². The number of likely N-dealkylation sites (tertiary alicyclic amines) is 1. The molecule has 2 aliphatic carbocycles. The zero-order valence-electron chi connectivity index (χ0n) is 19.5. The first-order chi connectivity index (χ1) is 17.6. The van der Waals surface area contributed by atoms with Gasteiger partial charge in [-0.3, -0.25) is 19.3 Å². The Morgan fingerprint density at radius 3 is 2.24 bits per heavy atom. The first-order valence-electron chi connectivity index (χ1n) is 11.9. The fraction of sp³-hybridized carbons (Fsp3) is 0.333. The molecule has 3 amide bonds. The van der Waals surface area contributed by atoms with Gasteiger partial charge in [-0.2, -0.15) is 13.2 Å². The van der Waals surface area contributed by atoms with E-state index >= 15 is 0 Å². The van der Waals surface area contributed by atoms with Gasteiger partial charge in [-0.1, -0.05) is 48.6 Å². The molecule has 0 aromatic heterocycles. The Kier molecular flexibility index (Phi) is 6.35. The summed E-state index contributed by atoms with van der Waals surface area (Å²) in [5, 5.41) is 2.27. The second-order valence-corrected chi connectivity index (χ2v) is 9.49. The maximum absolute atomic E-state index is 13.3. The maximum atomic E-state index is 13.3. The minimum absolute atomic E-state index is 0.00853. The van der Waals surface area contributed by atoms with E-state index in [1.54, 1.807) is 30.3 Å². The Morgan fingerprint density at radius 1 is 0.973 bits per heavy atom. The molecule has 1 saturated carbocycles. The van der Waals surface area contributed by atoms with E-state index in [0.29, 0.717) is 5.56 Å². The number of imide groups is 1. The van der Waals surface area contributed by atoms with Crippen LogP contribution < -0.4 is 5.32 Å². The second-order valence-electron chi connectivity index (χ2n) is 9.49. The zero-order valence-corrected chi connectivity index (χ0v) is 19.5. The van der Waals surface area contributed by atoms with Crippen molar-refractivity contribution in [2.75, 3.05) is 11.9 Å². The van der Waals surface area contributed by atoms with Crippen molar-refractivity contribution >= 4 is 29.4 Å². The molecule has 5 atom stereocenters. The fourth-order valence-electron chi connectivity index (χ4n) is 5.55. The summed E-state index contributed by atoms with van der Waals surface area (Å²) >= 11 is 0. The number of ether oxygens (including phenoxy) is 1. The van der Waals surface area contributed by atoms with Gasteiger partial charge < -0.3 is 10.1 Å². The van der Waals surface area contributed by atoms with Gasteiger partial charge >= 0.3 is 12.1 Å². The molecule has 0 unspecified atom stereocenters. The van der Waals surface area contributed by atoms with Crippen LogP contribution in [0.2, 0.25) is 0 Å². The van der Waals surface area contributed by atoms with Gasteiger partial charge in [0, 0.05) is 12.1 Å². The van der Waals surface area contributed by atoms with Crippen LogP contribution in [0.5, 0.6) is 0 Å². The first kappa shape index (κ1) is 24.7. The molecule has 3 aliphatic rings. The number of halogens is 3. The topological polar surface area (TPSA) is 92.8 Å². The lowest BCUT2D eigenvalue weighted by atomic mass is 9.85. The Balaban J connectivity index is 1.30. The number of alkyl halides is 3. The van der Waals surface area contributed by atoms with Crippen LogP contribution >= 0.6 is 0 Å². The van der Waals surface area contributed by atoms with Gasteiger partial charge in [0.05, 0.1) is 17.4 Å². The summed E-state index contributed by atoms with van der Waals surface area (Å²) in [6, 6.07) is 11.6. The fourth-order valence-corrected chi connectivity index (χ4v) is 5.55. The molecule has 1 heterocycles. The molecule has 10 heteroatoms. The molecule has 2 bridgehead atoms. The number of anilines is 1. The number of carbonyl (C=O) groups excluding carboxylic acids is 4. The van der Waals surface area contributed by atoms with E-state index in [1.807, 2.05) is 12.2 Å². The molecule has 0 radical (unpaired) electrons. The van der Waals surface area contributed by atoms with Crippen molar-refractivity contribution < 1.29 is 37.1 Å². The maximum Gasteiger partial charge on any atom is 0.416 e. The number of rotatable bonds is 7. The second kappa shape index (κ2) is 9.49. The van der Waals surface area contributed by atoms with Crippen LogP contribution in [0.1, 0.15) is 17.5 Å². The van der Waals surface area contributed by atoms with Crippen LogP contribution in [0.25, 0.3) is 0 Å². The largest absolute Gasteiger partial charge is 0.454 e. The molecular formula is C27H23F3N2O5. The van der Waals surface area contributed by atoms with Crippen molar-refractivity contribution in [3.05, 3.63) is 77.9 Å². The lowest BCUT2D eigenvalue weighted by molar-refractivity contribution is -0.160. The smallest absolute Gasteiger partial charge is 0.416 e. The van der Waals surface area contributed by atoms with Crippen LogP contribution in [0.15, 0.2) is 66.7 Å². The summed E-state index contributed by atoms with van der Waals surface area (Å²) in [4.78, 5) is 53.1. The van der Waals surface area contributed by atoms with E-state index < -0.39 is 59.9 Å². The quantitative estimate of drug-likeness (QED) is 0.348. The number of hydrogen-bond acceptors (Lipinski definition) is 5. The Bertz CT molecular complexity index is 1250. The number of benzene rings is 2. The Labute approximate surface area is 210 Å². The lowest BCUT2D eigenvalue weighted by Crippen LogP contribution is -2.48. The summed E-state index contributed by atoms with van der Waals surface area (Å²) in [5.41, 5.74) is -0.362. The van der Waals surface area contributed by atoms with Gasteiger partial charge in [0.25, 0.3) is 5.91 Å². The highest BCUT2D eigenvalue weighted by Crippen LogP contribution is 2.53. The third kappa shape index (κ3) is 4.75. The Morgan fingerprint density at radius 2 is 1.62 bits per heavy atom. The van der Waals surface area contributed by atoms with Crippen molar-refractivity contribution in [3.8, 4) is 0 Å².